The van der Waals surface area contributed by atoms with Crippen molar-refractivity contribution >= 4 is 0 Å². The van der Waals surface area contributed by atoms with E-state index >= 15 is 0 Å². The van der Waals surface area contributed by atoms with E-state index in [1.165, 1.54) is 18.6 Å². The summed E-state index contributed by atoms with van der Waals surface area (Å²) < 4.78 is 19.4. The van der Waals surface area contributed by atoms with Crippen LogP contribution in [0.15, 0.2) is 18.2 Å². The monoisotopic (exact) mass is 265 g/mol. The zero-order valence-electron chi connectivity index (χ0n) is 12.1. The van der Waals surface area contributed by atoms with E-state index in [0.717, 1.165) is 30.4 Å². The van der Waals surface area contributed by atoms with E-state index in [-0.39, 0.29) is 17.5 Å². The molecule has 0 aliphatic heterocycles. The third kappa shape index (κ3) is 2.98. The van der Waals surface area contributed by atoms with E-state index in [1.807, 2.05) is 13.0 Å². The third-order valence-corrected chi connectivity index (χ3v) is 4.39. The molecule has 0 aromatic heterocycles. The van der Waals surface area contributed by atoms with Gasteiger partial charge in [-0.05, 0) is 48.9 Å². The van der Waals surface area contributed by atoms with Crippen LogP contribution in [0.1, 0.15) is 49.8 Å². The molecule has 0 spiro atoms. The molecule has 1 aromatic carbocycles. The molecule has 3 atom stereocenters. The number of hydrogen-bond donors (Lipinski definition) is 1. The molecular weight excluding hydrogens is 241 g/mol. The number of aryl methyl sites for hydroxylation is 1. The first-order valence-electron chi connectivity index (χ1n) is 7.05. The lowest BCUT2D eigenvalue weighted by atomic mass is 9.73. The minimum Gasteiger partial charge on any atom is -0.376 e. The highest BCUT2D eigenvalue weighted by Crippen LogP contribution is 2.42. The molecule has 0 heterocycles. The number of rotatable bonds is 3. The van der Waals surface area contributed by atoms with Crippen LogP contribution < -0.4 is 5.73 Å². The summed E-state index contributed by atoms with van der Waals surface area (Å²) in [6, 6.07) is 4.76. The molecule has 1 fully saturated rings. The van der Waals surface area contributed by atoms with Crippen LogP contribution in [-0.4, -0.2) is 12.7 Å². The fourth-order valence-corrected chi connectivity index (χ4v) is 3.39. The zero-order chi connectivity index (χ0) is 14.0. The first-order valence-corrected chi connectivity index (χ1v) is 7.05. The van der Waals surface area contributed by atoms with Crippen molar-refractivity contribution in [1.82, 2.24) is 0 Å². The van der Waals surface area contributed by atoms with Gasteiger partial charge in [0.1, 0.15) is 5.82 Å². The molecule has 1 aliphatic rings. The van der Waals surface area contributed by atoms with Crippen LogP contribution in [0.4, 0.5) is 4.39 Å². The van der Waals surface area contributed by atoms with Crippen LogP contribution >= 0.6 is 0 Å². The van der Waals surface area contributed by atoms with Crippen molar-refractivity contribution in [3.63, 3.8) is 0 Å². The summed E-state index contributed by atoms with van der Waals surface area (Å²) in [4.78, 5) is 0. The highest BCUT2D eigenvalue weighted by Gasteiger charge is 2.41. The Balaban J connectivity index is 2.31. The summed E-state index contributed by atoms with van der Waals surface area (Å²) >= 11 is 0. The molecule has 19 heavy (non-hydrogen) atoms. The maximum absolute atomic E-state index is 13.6. The summed E-state index contributed by atoms with van der Waals surface area (Å²) in [5.41, 5.74) is 7.82. The Hall–Kier alpha value is -0.930. The van der Waals surface area contributed by atoms with Gasteiger partial charge >= 0.3 is 0 Å². The van der Waals surface area contributed by atoms with Gasteiger partial charge in [0.05, 0.1) is 11.6 Å². The van der Waals surface area contributed by atoms with E-state index < -0.39 is 0 Å². The molecule has 106 valence electrons. The van der Waals surface area contributed by atoms with Crippen LogP contribution in [0.2, 0.25) is 0 Å². The maximum atomic E-state index is 13.6. The highest BCUT2D eigenvalue weighted by molar-refractivity contribution is 5.28. The number of nitrogens with two attached hydrogens (primary N) is 1. The molecule has 2 N–H and O–H groups in total. The van der Waals surface area contributed by atoms with Crippen LogP contribution in [0.25, 0.3) is 0 Å². The van der Waals surface area contributed by atoms with Crippen molar-refractivity contribution in [3.05, 3.63) is 35.1 Å². The Morgan fingerprint density at radius 1 is 1.42 bits per heavy atom. The van der Waals surface area contributed by atoms with E-state index in [1.54, 1.807) is 7.11 Å². The highest BCUT2D eigenvalue weighted by atomic mass is 19.1. The number of methoxy groups -OCH3 is 1. The molecule has 3 heteroatoms. The minimum absolute atomic E-state index is 0.222. The quantitative estimate of drug-likeness (QED) is 0.903. The van der Waals surface area contributed by atoms with Gasteiger partial charge in [-0.1, -0.05) is 25.8 Å². The molecule has 2 rings (SSSR count). The second kappa shape index (κ2) is 5.59. The number of halogens is 1. The average Bonchev–Trinajstić information content (AvgIpc) is 2.36. The predicted molar refractivity (Wildman–Crippen MR) is 75.4 cm³/mol. The molecule has 1 aliphatic carbocycles. The molecule has 1 saturated carbocycles. The Bertz CT molecular complexity index is 428. The molecule has 0 radical (unpaired) electrons. The SMILES string of the molecule is COC1(C(N)c2cc(C)cc(F)c2)CCCC(C)C1. The van der Waals surface area contributed by atoms with E-state index in [4.69, 9.17) is 10.5 Å². The van der Waals surface area contributed by atoms with Gasteiger partial charge in [-0.25, -0.2) is 4.39 Å². The zero-order valence-corrected chi connectivity index (χ0v) is 12.1. The average molecular weight is 265 g/mol. The van der Waals surface area contributed by atoms with Crippen LogP contribution in [0, 0.1) is 18.7 Å². The Kier molecular flexibility index (Phi) is 4.26. The Morgan fingerprint density at radius 2 is 2.16 bits per heavy atom. The van der Waals surface area contributed by atoms with E-state index in [2.05, 4.69) is 6.92 Å². The van der Waals surface area contributed by atoms with Crippen molar-refractivity contribution in [3.8, 4) is 0 Å². The van der Waals surface area contributed by atoms with Crippen molar-refractivity contribution < 1.29 is 9.13 Å². The second-order valence-corrected chi connectivity index (χ2v) is 6.01. The van der Waals surface area contributed by atoms with Gasteiger partial charge in [-0.3, -0.25) is 0 Å². The van der Waals surface area contributed by atoms with Crippen molar-refractivity contribution in [2.24, 2.45) is 11.7 Å². The Morgan fingerprint density at radius 3 is 2.74 bits per heavy atom. The fourth-order valence-electron chi connectivity index (χ4n) is 3.39. The summed E-state index contributed by atoms with van der Waals surface area (Å²) in [6.45, 7) is 4.12. The first kappa shape index (κ1) is 14.5. The fraction of sp³-hybridized carbons (Fsp3) is 0.625. The van der Waals surface area contributed by atoms with Gasteiger partial charge in [-0.2, -0.15) is 0 Å². The summed E-state index contributed by atoms with van der Waals surface area (Å²) in [5, 5.41) is 0. The van der Waals surface area contributed by atoms with Gasteiger partial charge in [-0.15, -0.1) is 0 Å². The second-order valence-electron chi connectivity index (χ2n) is 6.01. The predicted octanol–water partition coefficient (Wildman–Crippen LogP) is 3.73. The lowest BCUT2D eigenvalue weighted by molar-refractivity contribution is -0.0718. The van der Waals surface area contributed by atoms with Crippen LogP contribution in [0.5, 0.6) is 0 Å². The normalized spacial score (nSPS) is 29.2. The molecule has 2 nitrogen and oxygen atoms in total. The number of hydrogen-bond acceptors (Lipinski definition) is 2. The van der Waals surface area contributed by atoms with Gasteiger partial charge in [0.15, 0.2) is 0 Å². The van der Waals surface area contributed by atoms with E-state index in [9.17, 15) is 4.39 Å². The summed E-state index contributed by atoms with van der Waals surface area (Å²) in [7, 11) is 1.73. The third-order valence-electron chi connectivity index (χ3n) is 4.39. The summed E-state index contributed by atoms with van der Waals surface area (Å²) in [5.74, 6) is 0.384. The lowest BCUT2D eigenvalue weighted by Crippen LogP contribution is -2.46. The molecule has 3 unspecified atom stereocenters. The smallest absolute Gasteiger partial charge is 0.123 e. The minimum atomic E-state index is -0.349. The molecule has 0 amide bonds. The van der Waals surface area contributed by atoms with Gasteiger partial charge < -0.3 is 10.5 Å². The molecule has 0 bridgehead atoms. The number of benzene rings is 1. The standard InChI is InChI=1S/C16H24FNO/c1-11-5-4-6-16(10-11,19-3)15(18)13-7-12(2)8-14(17)9-13/h7-9,11,15H,4-6,10,18H2,1-3H3. The van der Waals surface area contributed by atoms with E-state index in [0.29, 0.717) is 5.92 Å². The molecule has 1 aromatic rings. The van der Waals surface area contributed by atoms with Crippen molar-refractivity contribution in [2.45, 2.75) is 51.2 Å². The number of ether oxygens (including phenoxy) is 1. The largest absolute Gasteiger partial charge is 0.376 e. The molecule has 0 saturated heterocycles. The Labute approximate surface area is 115 Å². The maximum Gasteiger partial charge on any atom is 0.123 e. The summed E-state index contributed by atoms with van der Waals surface area (Å²) in [6.07, 6.45) is 4.24. The lowest BCUT2D eigenvalue weighted by Gasteiger charge is -2.43. The topological polar surface area (TPSA) is 35.2 Å². The van der Waals surface area contributed by atoms with Gasteiger partial charge in [0.2, 0.25) is 0 Å². The first-order chi connectivity index (χ1) is 8.97. The molecular formula is C16H24FNO. The van der Waals surface area contributed by atoms with Crippen LogP contribution in [0.3, 0.4) is 0 Å². The van der Waals surface area contributed by atoms with Gasteiger partial charge in [0.25, 0.3) is 0 Å². The van der Waals surface area contributed by atoms with Gasteiger partial charge in [0, 0.05) is 7.11 Å². The van der Waals surface area contributed by atoms with Crippen LogP contribution in [-0.2, 0) is 4.74 Å². The van der Waals surface area contributed by atoms with Crippen molar-refractivity contribution in [1.29, 1.82) is 0 Å². The van der Waals surface area contributed by atoms with Crippen molar-refractivity contribution in [2.75, 3.05) is 7.11 Å².